The molecule has 0 amide bonds. The summed E-state index contributed by atoms with van der Waals surface area (Å²) in [5.41, 5.74) is 2.27. The van der Waals surface area contributed by atoms with E-state index in [1.807, 2.05) is 30.3 Å². The van der Waals surface area contributed by atoms with Crippen LogP contribution in [0.2, 0.25) is 10.0 Å². The van der Waals surface area contributed by atoms with Crippen LogP contribution in [0, 0.1) is 0 Å². The molecule has 1 atom stereocenters. The molecule has 0 saturated heterocycles. The quantitative estimate of drug-likeness (QED) is 0.879. The summed E-state index contributed by atoms with van der Waals surface area (Å²) in [5.74, 6) is -1.61. The van der Waals surface area contributed by atoms with Crippen LogP contribution in [0.15, 0.2) is 42.5 Å². The molecule has 4 heteroatoms. The second-order valence-corrected chi connectivity index (χ2v) is 5.01. The van der Waals surface area contributed by atoms with Crippen LogP contribution in [0.1, 0.15) is 18.4 Å². The van der Waals surface area contributed by atoms with Gasteiger partial charge in [-0.05, 0) is 18.1 Å². The van der Waals surface area contributed by atoms with Gasteiger partial charge in [-0.15, -0.1) is 0 Å². The number of halogens is 2. The summed E-state index contributed by atoms with van der Waals surface area (Å²) < 4.78 is 0. The molecule has 1 unspecified atom stereocenters. The number of aliphatic carboxylic acids is 1. The van der Waals surface area contributed by atoms with Gasteiger partial charge in [0.05, 0.1) is 16.0 Å². The normalized spacial score (nSPS) is 12.2. The Balaban J connectivity index is 2.52. The lowest BCUT2D eigenvalue weighted by Crippen LogP contribution is -2.08. The first-order valence-electron chi connectivity index (χ1n) is 5.78. The molecular formula is C15H12Cl2O2. The highest BCUT2D eigenvalue weighted by atomic mass is 35.5. The van der Waals surface area contributed by atoms with Gasteiger partial charge >= 0.3 is 5.97 Å². The summed E-state index contributed by atoms with van der Waals surface area (Å²) in [7, 11) is 0. The molecule has 2 rings (SSSR count). The van der Waals surface area contributed by atoms with Gasteiger partial charge in [-0.2, -0.15) is 0 Å². The smallest absolute Gasteiger partial charge is 0.310 e. The summed E-state index contributed by atoms with van der Waals surface area (Å²) in [6.07, 6.45) is 0. The minimum absolute atomic E-state index is 0.304. The number of carboxylic acid groups (broad SMARTS) is 1. The van der Waals surface area contributed by atoms with E-state index < -0.39 is 11.9 Å². The van der Waals surface area contributed by atoms with E-state index in [1.165, 1.54) is 0 Å². The number of rotatable bonds is 3. The van der Waals surface area contributed by atoms with E-state index in [0.717, 1.165) is 11.1 Å². The van der Waals surface area contributed by atoms with E-state index in [4.69, 9.17) is 28.3 Å². The molecule has 0 bridgehead atoms. The van der Waals surface area contributed by atoms with Gasteiger partial charge in [-0.3, -0.25) is 4.79 Å². The van der Waals surface area contributed by atoms with Crippen molar-refractivity contribution in [2.75, 3.05) is 0 Å². The minimum atomic E-state index is -0.926. The van der Waals surface area contributed by atoms with E-state index in [-0.39, 0.29) is 0 Å². The number of carbonyl (C=O) groups is 1. The predicted molar refractivity (Wildman–Crippen MR) is 77.9 cm³/mol. The van der Waals surface area contributed by atoms with Crippen LogP contribution in [-0.4, -0.2) is 11.1 Å². The molecule has 0 aliphatic rings. The summed E-state index contributed by atoms with van der Waals surface area (Å²) in [6.45, 7) is 1.59. The Morgan fingerprint density at radius 1 is 1.05 bits per heavy atom. The Labute approximate surface area is 121 Å². The highest BCUT2D eigenvalue weighted by Gasteiger charge is 2.20. The van der Waals surface area contributed by atoms with Gasteiger partial charge in [0.25, 0.3) is 0 Å². The molecule has 2 aromatic carbocycles. The molecule has 2 aromatic rings. The van der Waals surface area contributed by atoms with E-state index in [0.29, 0.717) is 15.6 Å². The fourth-order valence-corrected chi connectivity index (χ4v) is 2.48. The van der Waals surface area contributed by atoms with Crippen molar-refractivity contribution in [2.45, 2.75) is 12.8 Å². The van der Waals surface area contributed by atoms with Crippen LogP contribution in [0.25, 0.3) is 11.1 Å². The van der Waals surface area contributed by atoms with Crippen molar-refractivity contribution in [3.8, 4) is 11.1 Å². The number of hydrogen-bond acceptors (Lipinski definition) is 1. The molecule has 0 saturated carbocycles. The lowest BCUT2D eigenvalue weighted by molar-refractivity contribution is -0.138. The summed E-state index contributed by atoms with van der Waals surface area (Å²) >= 11 is 12.4. The fraction of sp³-hybridized carbons (Fsp3) is 0.133. The molecule has 19 heavy (non-hydrogen) atoms. The highest BCUT2D eigenvalue weighted by Crippen LogP contribution is 2.38. The Morgan fingerprint density at radius 3 is 2.26 bits per heavy atom. The number of hydrogen-bond donors (Lipinski definition) is 1. The molecular weight excluding hydrogens is 283 g/mol. The molecule has 2 nitrogen and oxygen atoms in total. The molecule has 0 aromatic heterocycles. The maximum absolute atomic E-state index is 11.0. The van der Waals surface area contributed by atoms with Crippen LogP contribution < -0.4 is 0 Å². The van der Waals surface area contributed by atoms with Crippen LogP contribution in [0.3, 0.4) is 0 Å². The minimum Gasteiger partial charge on any atom is -0.481 e. The SMILES string of the molecule is CC(C(=O)O)c1ccc(-c2ccccc2)c(Cl)c1Cl. The maximum atomic E-state index is 11.0. The molecule has 0 fully saturated rings. The summed E-state index contributed by atoms with van der Waals surface area (Å²) in [5, 5.41) is 9.73. The van der Waals surface area contributed by atoms with Crippen molar-refractivity contribution < 1.29 is 9.90 Å². The van der Waals surface area contributed by atoms with Crippen LogP contribution in [0.5, 0.6) is 0 Å². The number of benzene rings is 2. The van der Waals surface area contributed by atoms with Gasteiger partial charge in [0.1, 0.15) is 0 Å². The molecule has 98 valence electrons. The van der Waals surface area contributed by atoms with Crippen molar-refractivity contribution in [1.82, 2.24) is 0 Å². The van der Waals surface area contributed by atoms with E-state index in [1.54, 1.807) is 19.1 Å². The Kier molecular flexibility index (Phi) is 4.13. The zero-order valence-electron chi connectivity index (χ0n) is 10.2. The highest BCUT2D eigenvalue weighted by molar-refractivity contribution is 6.44. The Morgan fingerprint density at radius 2 is 1.68 bits per heavy atom. The van der Waals surface area contributed by atoms with E-state index in [2.05, 4.69) is 0 Å². The lowest BCUT2D eigenvalue weighted by atomic mass is 9.97. The standard InChI is InChI=1S/C15H12Cl2O2/c1-9(15(18)19)11-7-8-12(14(17)13(11)16)10-5-3-2-4-6-10/h2-9H,1H3,(H,18,19). The third-order valence-electron chi connectivity index (χ3n) is 3.03. The Hall–Kier alpha value is -1.51. The van der Waals surface area contributed by atoms with Crippen molar-refractivity contribution in [2.24, 2.45) is 0 Å². The van der Waals surface area contributed by atoms with Gasteiger partial charge in [0.2, 0.25) is 0 Å². The van der Waals surface area contributed by atoms with Gasteiger partial charge in [-0.25, -0.2) is 0 Å². The third-order valence-corrected chi connectivity index (χ3v) is 3.93. The molecule has 0 aliphatic carbocycles. The molecule has 0 aliphatic heterocycles. The maximum Gasteiger partial charge on any atom is 0.310 e. The molecule has 0 spiro atoms. The first kappa shape index (κ1) is 13.9. The van der Waals surface area contributed by atoms with Gasteiger partial charge in [0.15, 0.2) is 0 Å². The van der Waals surface area contributed by atoms with Gasteiger partial charge < -0.3 is 5.11 Å². The number of carboxylic acids is 1. The van der Waals surface area contributed by atoms with Crippen LogP contribution in [-0.2, 0) is 4.79 Å². The average Bonchev–Trinajstić information content (AvgIpc) is 2.42. The van der Waals surface area contributed by atoms with Gasteiger partial charge in [-0.1, -0.05) is 65.7 Å². The summed E-state index contributed by atoms with van der Waals surface area (Å²) in [6, 6.07) is 13.1. The Bertz CT molecular complexity index is 609. The van der Waals surface area contributed by atoms with Crippen LogP contribution >= 0.6 is 23.2 Å². The average molecular weight is 295 g/mol. The van der Waals surface area contributed by atoms with E-state index in [9.17, 15) is 4.79 Å². The fourth-order valence-electron chi connectivity index (χ4n) is 1.87. The topological polar surface area (TPSA) is 37.3 Å². The zero-order valence-corrected chi connectivity index (χ0v) is 11.7. The molecule has 0 radical (unpaired) electrons. The first-order chi connectivity index (χ1) is 9.02. The third kappa shape index (κ3) is 2.75. The molecule has 0 heterocycles. The van der Waals surface area contributed by atoms with Gasteiger partial charge in [0, 0.05) is 5.56 Å². The van der Waals surface area contributed by atoms with Crippen molar-refractivity contribution in [3.63, 3.8) is 0 Å². The lowest BCUT2D eigenvalue weighted by Gasteiger charge is -2.13. The second kappa shape index (κ2) is 5.64. The van der Waals surface area contributed by atoms with E-state index >= 15 is 0 Å². The van der Waals surface area contributed by atoms with Crippen molar-refractivity contribution >= 4 is 29.2 Å². The summed E-state index contributed by atoms with van der Waals surface area (Å²) in [4.78, 5) is 11.0. The zero-order chi connectivity index (χ0) is 14.0. The second-order valence-electron chi connectivity index (χ2n) is 4.26. The predicted octanol–water partition coefficient (Wildman–Crippen LogP) is 4.85. The first-order valence-corrected chi connectivity index (χ1v) is 6.54. The van der Waals surface area contributed by atoms with Crippen molar-refractivity contribution in [3.05, 3.63) is 58.1 Å². The van der Waals surface area contributed by atoms with Crippen LogP contribution in [0.4, 0.5) is 0 Å². The monoisotopic (exact) mass is 294 g/mol. The molecule has 1 N–H and O–H groups in total. The van der Waals surface area contributed by atoms with Crippen molar-refractivity contribution in [1.29, 1.82) is 0 Å². The largest absolute Gasteiger partial charge is 0.481 e.